The van der Waals surface area contributed by atoms with Gasteiger partial charge in [0.15, 0.2) is 0 Å². The average molecular weight is 245 g/mol. The topological polar surface area (TPSA) is 60.2 Å². The van der Waals surface area contributed by atoms with Gasteiger partial charge in [-0.25, -0.2) is 8.42 Å². The van der Waals surface area contributed by atoms with Gasteiger partial charge >= 0.3 is 0 Å². The molecule has 3 nitrogen and oxygen atoms in total. The van der Waals surface area contributed by atoms with Gasteiger partial charge in [0.05, 0.1) is 5.75 Å². The van der Waals surface area contributed by atoms with Crippen molar-refractivity contribution in [3.05, 3.63) is 23.8 Å². The predicted molar refractivity (Wildman–Crippen MR) is 66.0 cm³/mol. The fraction of sp³-hybridized carbons (Fsp3) is 0.400. The van der Waals surface area contributed by atoms with E-state index < -0.39 is 9.84 Å². The molecular weight excluding hydrogens is 230 g/mol. The Labute approximate surface area is 95.0 Å². The highest BCUT2D eigenvalue weighted by Crippen LogP contribution is 2.22. The SMILES string of the molecule is Cc1cc(N)cc(SCCS(C)(=O)=O)c1. The Morgan fingerprint density at radius 3 is 2.53 bits per heavy atom. The van der Waals surface area contributed by atoms with E-state index in [1.807, 2.05) is 25.1 Å². The summed E-state index contributed by atoms with van der Waals surface area (Å²) in [6, 6.07) is 5.75. The van der Waals surface area contributed by atoms with Gasteiger partial charge in [-0.15, -0.1) is 11.8 Å². The van der Waals surface area contributed by atoms with E-state index in [2.05, 4.69) is 0 Å². The third kappa shape index (κ3) is 5.09. The molecule has 0 radical (unpaired) electrons. The molecule has 1 aromatic rings. The molecule has 15 heavy (non-hydrogen) atoms. The lowest BCUT2D eigenvalue weighted by atomic mass is 10.2. The lowest BCUT2D eigenvalue weighted by Crippen LogP contribution is -2.04. The average Bonchev–Trinajstić information content (AvgIpc) is 1.99. The highest BCUT2D eigenvalue weighted by atomic mass is 32.2. The normalized spacial score (nSPS) is 11.6. The molecule has 0 saturated carbocycles. The van der Waals surface area contributed by atoms with Crippen LogP contribution >= 0.6 is 11.8 Å². The molecule has 0 saturated heterocycles. The van der Waals surface area contributed by atoms with Crippen molar-refractivity contribution in [3.8, 4) is 0 Å². The molecule has 0 fully saturated rings. The molecule has 0 unspecified atom stereocenters. The zero-order valence-corrected chi connectivity index (χ0v) is 10.5. The van der Waals surface area contributed by atoms with Gasteiger partial charge in [-0.3, -0.25) is 0 Å². The molecule has 0 atom stereocenters. The Morgan fingerprint density at radius 1 is 1.33 bits per heavy atom. The van der Waals surface area contributed by atoms with Crippen LogP contribution in [0.5, 0.6) is 0 Å². The summed E-state index contributed by atoms with van der Waals surface area (Å²) in [7, 11) is -2.87. The molecule has 0 bridgehead atoms. The van der Waals surface area contributed by atoms with Crippen molar-refractivity contribution in [3.63, 3.8) is 0 Å². The van der Waals surface area contributed by atoms with Crippen LogP contribution in [0, 0.1) is 6.92 Å². The molecule has 1 aromatic carbocycles. The van der Waals surface area contributed by atoms with E-state index in [-0.39, 0.29) is 5.75 Å². The largest absolute Gasteiger partial charge is 0.399 e. The molecule has 0 aliphatic carbocycles. The first kappa shape index (κ1) is 12.4. The minimum Gasteiger partial charge on any atom is -0.399 e. The van der Waals surface area contributed by atoms with Crippen LogP contribution in [-0.4, -0.2) is 26.2 Å². The second kappa shape index (κ2) is 4.90. The Morgan fingerprint density at radius 2 is 2.00 bits per heavy atom. The summed E-state index contributed by atoms with van der Waals surface area (Å²) < 4.78 is 21.8. The smallest absolute Gasteiger partial charge is 0.148 e. The van der Waals surface area contributed by atoms with E-state index in [4.69, 9.17) is 5.73 Å². The zero-order chi connectivity index (χ0) is 11.5. The van der Waals surface area contributed by atoms with Gasteiger partial charge in [-0.05, 0) is 30.7 Å². The van der Waals surface area contributed by atoms with Gasteiger partial charge in [0.25, 0.3) is 0 Å². The lowest BCUT2D eigenvalue weighted by Gasteiger charge is -2.03. The molecule has 5 heteroatoms. The summed E-state index contributed by atoms with van der Waals surface area (Å²) >= 11 is 1.52. The quantitative estimate of drug-likeness (QED) is 0.648. The first-order chi connectivity index (χ1) is 6.87. The molecule has 0 aliphatic heterocycles. The van der Waals surface area contributed by atoms with Crippen molar-refractivity contribution in [2.45, 2.75) is 11.8 Å². The third-order valence-corrected chi connectivity index (χ3v) is 3.98. The number of thioether (sulfide) groups is 1. The van der Waals surface area contributed by atoms with Crippen LogP contribution in [0.1, 0.15) is 5.56 Å². The van der Waals surface area contributed by atoms with Crippen LogP contribution in [-0.2, 0) is 9.84 Å². The summed E-state index contributed by atoms with van der Waals surface area (Å²) in [6.07, 6.45) is 1.25. The first-order valence-electron chi connectivity index (χ1n) is 4.54. The van der Waals surface area contributed by atoms with Crippen LogP contribution in [0.15, 0.2) is 23.1 Å². The van der Waals surface area contributed by atoms with Crippen molar-refractivity contribution >= 4 is 27.3 Å². The van der Waals surface area contributed by atoms with Gasteiger partial charge in [0.2, 0.25) is 0 Å². The fourth-order valence-electron chi connectivity index (χ4n) is 1.17. The number of anilines is 1. The predicted octanol–water partition coefficient (Wildman–Crippen LogP) is 1.71. The number of nitrogens with two attached hydrogens (primary N) is 1. The summed E-state index contributed by atoms with van der Waals surface area (Å²) in [5.74, 6) is 0.771. The Kier molecular flexibility index (Phi) is 4.04. The molecule has 84 valence electrons. The Balaban J connectivity index is 2.58. The lowest BCUT2D eigenvalue weighted by molar-refractivity contribution is 0.603. The van der Waals surface area contributed by atoms with Crippen molar-refractivity contribution in [2.24, 2.45) is 0 Å². The Hall–Kier alpha value is -0.680. The fourth-order valence-corrected chi connectivity index (χ4v) is 3.44. The summed E-state index contributed by atoms with van der Waals surface area (Å²) in [5, 5.41) is 0. The number of nitrogen functional groups attached to an aromatic ring is 1. The molecule has 0 amide bonds. The van der Waals surface area contributed by atoms with Gasteiger partial charge in [-0.2, -0.15) is 0 Å². The van der Waals surface area contributed by atoms with Crippen molar-refractivity contribution in [2.75, 3.05) is 23.5 Å². The van der Waals surface area contributed by atoms with Gasteiger partial charge in [0.1, 0.15) is 9.84 Å². The number of aryl methyl sites for hydroxylation is 1. The highest BCUT2D eigenvalue weighted by molar-refractivity contribution is 8.00. The van der Waals surface area contributed by atoms with Crippen LogP contribution in [0.2, 0.25) is 0 Å². The van der Waals surface area contributed by atoms with Gasteiger partial charge < -0.3 is 5.73 Å². The summed E-state index contributed by atoms with van der Waals surface area (Å²) in [5.41, 5.74) is 7.50. The van der Waals surface area contributed by atoms with Gasteiger partial charge in [-0.1, -0.05) is 0 Å². The number of hydrogen-bond donors (Lipinski definition) is 1. The maximum absolute atomic E-state index is 10.9. The van der Waals surface area contributed by atoms with Crippen LogP contribution < -0.4 is 5.73 Å². The second-order valence-corrected chi connectivity index (χ2v) is 6.99. The van der Waals surface area contributed by atoms with E-state index in [0.717, 1.165) is 16.1 Å². The zero-order valence-electron chi connectivity index (χ0n) is 8.86. The number of hydrogen-bond acceptors (Lipinski definition) is 4. The van der Waals surface area contributed by atoms with Crippen LogP contribution in [0.3, 0.4) is 0 Å². The van der Waals surface area contributed by atoms with E-state index in [9.17, 15) is 8.42 Å². The summed E-state index contributed by atoms with van der Waals surface area (Å²) in [4.78, 5) is 1.02. The third-order valence-electron chi connectivity index (χ3n) is 1.80. The standard InChI is InChI=1S/C10H15NO2S2/c1-8-5-9(11)7-10(6-8)14-3-4-15(2,12)13/h5-7H,3-4,11H2,1-2H3. The van der Waals surface area contributed by atoms with E-state index in [1.165, 1.54) is 18.0 Å². The highest BCUT2D eigenvalue weighted by Gasteiger charge is 2.03. The molecule has 0 heterocycles. The Bertz CT molecular complexity index is 420. The monoisotopic (exact) mass is 245 g/mol. The van der Waals surface area contributed by atoms with Gasteiger partial charge in [0, 0.05) is 22.6 Å². The van der Waals surface area contributed by atoms with Crippen LogP contribution in [0.25, 0.3) is 0 Å². The molecule has 0 spiro atoms. The first-order valence-corrected chi connectivity index (χ1v) is 7.59. The van der Waals surface area contributed by atoms with E-state index in [0.29, 0.717) is 5.75 Å². The van der Waals surface area contributed by atoms with E-state index >= 15 is 0 Å². The minimum absolute atomic E-state index is 0.200. The second-order valence-electron chi connectivity index (χ2n) is 3.56. The minimum atomic E-state index is -2.87. The molecule has 0 aromatic heterocycles. The molecule has 2 N–H and O–H groups in total. The molecule has 1 rings (SSSR count). The summed E-state index contributed by atoms with van der Waals surface area (Å²) in [6.45, 7) is 1.97. The molecule has 0 aliphatic rings. The van der Waals surface area contributed by atoms with Crippen molar-refractivity contribution < 1.29 is 8.42 Å². The van der Waals surface area contributed by atoms with E-state index in [1.54, 1.807) is 0 Å². The number of sulfone groups is 1. The van der Waals surface area contributed by atoms with Crippen molar-refractivity contribution in [1.29, 1.82) is 0 Å². The van der Waals surface area contributed by atoms with Crippen molar-refractivity contribution in [1.82, 2.24) is 0 Å². The molecular formula is C10H15NO2S2. The number of rotatable bonds is 4. The van der Waals surface area contributed by atoms with Crippen LogP contribution in [0.4, 0.5) is 5.69 Å². The number of benzene rings is 1. The maximum atomic E-state index is 10.9. The maximum Gasteiger partial charge on any atom is 0.148 e.